The summed E-state index contributed by atoms with van der Waals surface area (Å²) in [5.74, 6) is 0.881. The van der Waals surface area contributed by atoms with E-state index in [1.165, 1.54) is 11.1 Å². The lowest BCUT2D eigenvalue weighted by atomic mass is 9.96. The van der Waals surface area contributed by atoms with Gasteiger partial charge in [-0.2, -0.15) is 0 Å². The van der Waals surface area contributed by atoms with E-state index in [0.717, 1.165) is 28.9 Å². The van der Waals surface area contributed by atoms with E-state index in [1.54, 1.807) is 13.4 Å². The second-order valence-corrected chi connectivity index (χ2v) is 5.48. The van der Waals surface area contributed by atoms with E-state index in [-0.39, 0.29) is 6.04 Å². The molecule has 0 spiro atoms. The molecule has 1 aromatic heterocycles. The molecule has 1 heterocycles. The fraction of sp³-hybridized carbons (Fsp3) is 0.375. The summed E-state index contributed by atoms with van der Waals surface area (Å²) in [7, 11) is 1.69. The van der Waals surface area contributed by atoms with Crippen LogP contribution in [0.1, 0.15) is 36.1 Å². The van der Waals surface area contributed by atoms with Gasteiger partial charge in [-0.25, -0.2) is 0 Å². The number of benzene rings is 1. The molecule has 0 aliphatic carbocycles. The molecule has 1 unspecified atom stereocenters. The van der Waals surface area contributed by atoms with E-state index < -0.39 is 0 Å². The summed E-state index contributed by atoms with van der Waals surface area (Å²) in [6, 6.07) is 8.29. The Morgan fingerprint density at radius 3 is 2.65 bits per heavy atom. The Kier molecular flexibility index (Phi) is 5.26. The number of aryl methyl sites for hydroxylation is 1. The van der Waals surface area contributed by atoms with Gasteiger partial charge in [0, 0.05) is 5.56 Å². The molecule has 0 radical (unpaired) electrons. The van der Waals surface area contributed by atoms with Crippen LogP contribution in [0.15, 0.2) is 39.6 Å². The average molecular weight is 338 g/mol. The number of halogens is 1. The van der Waals surface area contributed by atoms with E-state index in [4.69, 9.17) is 9.15 Å². The average Bonchev–Trinajstić information content (AvgIpc) is 2.87. The van der Waals surface area contributed by atoms with Crippen molar-refractivity contribution >= 4 is 15.9 Å². The third-order valence-corrected chi connectivity index (χ3v) is 3.99. The Bertz CT molecular complexity index is 565. The van der Waals surface area contributed by atoms with Crippen molar-refractivity contribution in [3.8, 4) is 5.75 Å². The molecule has 20 heavy (non-hydrogen) atoms. The van der Waals surface area contributed by atoms with E-state index in [1.807, 2.05) is 12.1 Å². The maximum Gasteiger partial charge on any atom is 0.174 e. The van der Waals surface area contributed by atoms with Crippen molar-refractivity contribution in [2.24, 2.45) is 0 Å². The predicted octanol–water partition coefficient (Wildman–Crippen LogP) is 4.45. The Morgan fingerprint density at radius 2 is 2.10 bits per heavy atom. The van der Waals surface area contributed by atoms with Crippen molar-refractivity contribution in [3.05, 3.63) is 51.9 Å². The van der Waals surface area contributed by atoms with Gasteiger partial charge in [-0.15, -0.1) is 0 Å². The Labute approximate surface area is 128 Å². The van der Waals surface area contributed by atoms with Crippen molar-refractivity contribution in [1.29, 1.82) is 0 Å². The molecule has 0 aliphatic rings. The second kappa shape index (κ2) is 6.95. The summed E-state index contributed by atoms with van der Waals surface area (Å²) >= 11 is 3.48. The standard InChI is InChI=1S/C16H20BrNO2/c1-4-8-18-15(14-7-9-20-16(14)17)13-6-5-12(19-3)10-11(13)2/h5-7,9-10,15,18H,4,8H2,1-3H3. The van der Waals surface area contributed by atoms with Crippen LogP contribution in [-0.2, 0) is 0 Å². The lowest BCUT2D eigenvalue weighted by Crippen LogP contribution is -2.23. The van der Waals surface area contributed by atoms with Crippen LogP contribution in [0, 0.1) is 6.92 Å². The van der Waals surface area contributed by atoms with Crippen LogP contribution < -0.4 is 10.1 Å². The highest BCUT2D eigenvalue weighted by molar-refractivity contribution is 9.10. The molecule has 4 heteroatoms. The quantitative estimate of drug-likeness (QED) is 0.845. The molecule has 0 saturated heterocycles. The molecular formula is C16H20BrNO2. The fourth-order valence-electron chi connectivity index (χ4n) is 2.29. The topological polar surface area (TPSA) is 34.4 Å². The summed E-state index contributed by atoms with van der Waals surface area (Å²) in [5, 5.41) is 3.58. The smallest absolute Gasteiger partial charge is 0.174 e. The number of ether oxygens (including phenoxy) is 1. The van der Waals surface area contributed by atoms with Gasteiger partial charge < -0.3 is 14.5 Å². The summed E-state index contributed by atoms with van der Waals surface area (Å²) < 4.78 is 11.4. The van der Waals surface area contributed by atoms with Crippen LogP contribution in [0.5, 0.6) is 5.75 Å². The monoisotopic (exact) mass is 337 g/mol. The Morgan fingerprint density at radius 1 is 1.30 bits per heavy atom. The third-order valence-electron chi connectivity index (χ3n) is 3.34. The number of furan rings is 1. The minimum absolute atomic E-state index is 0.119. The number of methoxy groups -OCH3 is 1. The number of rotatable bonds is 6. The van der Waals surface area contributed by atoms with Crippen molar-refractivity contribution in [2.75, 3.05) is 13.7 Å². The second-order valence-electron chi connectivity index (χ2n) is 4.76. The van der Waals surface area contributed by atoms with Crippen LogP contribution in [-0.4, -0.2) is 13.7 Å². The first kappa shape index (κ1) is 15.1. The van der Waals surface area contributed by atoms with Crippen molar-refractivity contribution < 1.29 is 9.15 Å². The van der Waals surface area contributed by atoms with E-state index >= 15 is 0 Å². The van der Waals surface area contributed by atoms with Gasteiger partial charge in [0.05, 0.1) is 19.4 Å². The molecule has 1 atom stereocenters. The summed E-state index contributed by atoms with van der Waals surface area (Å²) in [6.07, 6.45) is 2.79. The Balaban J connectivity index is 2.38. The van der Waals surface area contributed by atoms with Crippen LogP contribution >= 0.6 is 15.9 Å². The summed E-state index contributed by atoms with van der Waals surface area (Å²) in [6.45, 7) is 5.22. The molecule has 0 saturated carbocycles. The lowest BCUT2D eigenvalue weighted by molar-refractivity contribution is 0.414. The number of nitrogens with one attached hydrogen (secondary N) is 1. The normalized spacial score (nSPS) is 12.4. The summed E-state index contributed by atoms with van der Waals surface area (Å²) in [5.41, 5.74) is 3.55. The van der Waals surface area contributed by atoms with Gasteiger partial charge in [-0.3, -0.25) is 0 Å². The molecular weight excluding hydrogens is 318 g/mol. The van der Waals surface area contributed by atoms with Crippen LogP contribution in [0.4, 0.5) is 0 Å². The van der Waals surface area contributed by atoms with Gasteiger partial charge in [-0.1, -0.05) is 13.0 Å². The molecule has 0 amide bonds. The molecule has 2 aromatic rings. The first-order chi connectivity index (χ1) is 9.67. The maximum atomic E-state index is 5.38. The zero-order chi connectivity index (χ0) is 14.5. The van der Waals surface area contributed by atoms with Crippen molar-refractivity contribution in [1.82, 2.24) is 5.32 Å². The highest BCUT2D eigenvalue weighted by Gasteiger charge is 2.20. The van der Waals surface area contributed by atoms with E-state index in [2.05, 4.69) is 47.2 Å². The predicted molar refractivity (Wildman–Crippen MR) is 84.3 cm³/mol. The number of hydrogen-bond donors (Lipinski definition) is 1. The summed E-state index contributed by atoms with van der Waals surface area (Å²) in [4.78, 5) is 0. The number of hydrogen-bond acceptors (Lipinski definition) is 3. The van der Waals surface area contributed by atoms with E-state index in [0.29, 0.717) is 0 Å². The highest BCUT2D eigenvalue weighted by atomic mass is 79.9. The minimum atomic E-state index is 0.119. The van der Waals surface area contributed by atoms with Crippen LogP contribution in [0.3, 0.4) is 0 Å². The van der Waals surface area contributed by atoms with Gasteiger partial charge >= 0.3 is 0 Å². The molecule has 0 fully saturated rings. The first-order valence-corrected chi connectivity index (χ1v) is 7.57. The first-order valence-electron chi connectivity index (χ1n) is 6.78. The van der Waals surface area contributed by atoms with Gasteiger partial charge in [0.2, 0.25) is 0 Å². The van der Waals surface area contributed by atoms with E-state index in [9.17, 15) is 0 Å². The van der Waals surface area contributed by atoms with Crippen molar-refractivity contribution in [3.63, 3.8) is 0 Å². The molecule has 0 aliphatic heterocycles. The van der Waals surface area contributed by atoms with Crippen LogP contribution in [0.25, 0.3) is 0 Å². The molecule has 1 aromatic carbocycles. The van der Waals surface area contributed by atoms with Crippen molar-refractivity contribution in [2.45, 2.75) is 26.3 Å². The molecule has 2 rings (SSSR count). The highest BCUT2D eigenvalue weighted by Crippen LogP contribution is 2.32. The largest absolute Gasteiger partial charge is 0.497 e. The van der Waals surface area contributed by atoms with Crippen LogP contribution in [0.2, 0.25) is 0 Å². The van der Waals surface area contributed by atoms with Gasteiger partial charge in [0.1, 0.15) is 5.75 Å². The van der Waals surface area contributed by atoms with Gasteiger partial charge in [-0.05, 0) is 65.1 Å². The third kappa shape index (κ3) is 3.25. The lowest BCUT2D eigenvalue weighted by Gasteiger charge is -2.20. The zero-order valence-electron chi connectivity index (χ0n) is 12.1. The molecule has 108 valence electrons. The maximum absolute atomic E-state index is 5.38. The molecule has 0 bridgehead atoms. The fourth-order valence-corrected chi connectivity index (χ4v) is 2.75. The Hall–Kier alpha value is -1.26. The van der Waals surface area contributed by atoms with Gasteiger partial charge in [0.25, 0.3) is 0 Å². The molecule has 3 nitrogen and oxygen atoms in total. The SMILES string of the molecule is CCCNC(c1ccc(OC)cc1C)c1ccoc1Br. The zero-order valence-corrected chi connectivity index (χ0v) is 13.7. The molecule has 1 N–H and O–H groups in total. The van der Waals surface area contributed by atoms with Gasteiger partial charge in [0.15, 0.2) is 4.67 Å². The minimum Gasteiger partial charge on any atom is -0.497 e.